The highest BCUT2D eigenvalue weighted by Gasteiger charge is 2.40. The van der Waals surface area contributed by atoms with Gasteiger partial charge in [-0.3, -0.25) is 0 Å². The molecule has 0 amide bonds. The normalized spacial score (nSPS) is 20.4. The second-order valence-corrected chi connectivity index (χ2v) is 17.4. The van der Waals surface area contributed by atoms with Gasteiger partial charge in [0.15, 0.2) is 0 Å². The largest absolute Gasteiger partial charge is 0.408 e. The Morgan fingerprint density at radius 3 is 1.69 bits per heavy atom. The summed E-state index contributed by atoms with van der Waals surface area (Å²) in [7, 11) is 0.475. The van der Waals surface area contributed by atoms with E-state index in [1.807, 2.05) is 0 Å². The first-order valence-electron chi connectivity index (χ1n) is 17.3. The van der Waals surface area contributed by atoms with Gasteiger partial charge in [0.1, 0.15) is 11.2 Å². The van der Waals surface area contributed by atoms with Gasteiger partial charge >= 0.3 is 8.16 Å². The van der Waals surface area contributed by atoms with Crippen molar-refractivity contribution in [2.75, 3.05) is 11.7 Å². The van der Waals surface area contributed by atoms with Crippen molar-refractivity contribution in [2.24, 2.45) is 5.92 Å². The number of hydrogen-bond acceptors (Lipinski definition) is 3. The van der Waals surface area contributed by atoms with Crippen LogP contribution in [0.4, 0.5) is 0 Å². The lowest BCUT2D eigenvalue weighted by Crippen LogP contribution is -2.38. The first-order valence-corrected chi connectivity index (χ1v) is 19.8. The Hall–Kier alpha value is -2.83. The van der Waals surface area contributed by atoms with Crippen molar-refractivity contribution in [1.82, 2.24) is 0 Å². The van der Waals surface area contributed by atoms with Gasteiger partial charge in [-0.2, -0.15) is 0 Å². The molecule has 1 heterocycles. The van der Waals surface area contributed by atoms with Gasteiger partial charge < -0.3 is 8.39 Å². The van der Waals surface area contributed by atoms with E-state index in [0.717, 1.165) is 24.0 Å². The van der Waals surface area contributed by atoms with Crippen LogP contribution in [0.15, 0.2) is 93.3 Å². The molecule has 5 aromatic rings. The molecule has 0 saturated heterocycles. The number of nitrogens with zero attached hydrogens (tertiary/aromatic N) is 1. The monoisotopic (exact) mass is 633 g/mol. The Balaban J connectivity index is 1.24. The quantitative estimate of drug-likeness (QED) is 0.174. The summed E-state index contributed by atoms with van der Waals surface area (Å²) in [6.45, 7) is 2.44. The summed E-state index contributed by atoms with van der Waals surface area (Å²) < 4.78 is 16.6. The fourth-order valence-corrected chi connectivity index (χ4v) is 13.3. The highest BCUT2D eigenvalue weighted by Crippen LogP contribution is 2.53. The van der Waals surface area contributed by atoms with Gasteiger partial charge in [0, 0.05) is 23.9 Å². The Bertz CT molecular complexity index is 1730. The third-order valence-corrected chi connectivity index (χ3v) is 15.6. The maximum atomic E-state index is 7.08. The summed E-state index contributed by atoms with van der Waals surface area (Å²) in [4.78, 5) is 0. The molecule has 4 aromatic carbocycles. The zero-order valence-corrected chi connectivity index (χ0v) is 28.5. The van der Waals surface area contributed by atoms with Gasteiger partial charge in [-0.25, -0.2) is 4.67 Å². The van der Waals surface area contributed by atoms with E-state index in [-0.39, 0.29) is 0 Å². The molecule has 1 aromatic heterocycles. The van der Waals surface area contributed by atoms with Crippen LogP contribution < -0.4 is 15.3 Å². The van der Waals surface area contributed by atoms with Crippen molar-refractivity contribution in [3.63, 3.8) is 0 Å². The Morgan fingerprint density at radius 1 is 0.644 bits per heavy atom. The number of fused-ring (bicyclic) bond motifs is 7. The van der Waals surface area contributed by atoms with Crippen molar-refractivity contribution in [3.8, 4) is 0 Å². The van der Waals surface area contributed by atoms with Crippen LogP contribution in [0.1, 0.15) is 74.1 Å². The maximum Gasteiger partial charge on any atom is 0.309 e. The van der Waals surface area contributed by atoms with Crippen LogP contribution in [0.25, 0.3) is 21.9 Å². The van der Waals surface area contributed by atoms with Crippen LogP contribution in [0.2, 0.25) is 0 Å². The highest BCUT2D eigenvalue weighted by molar-refractivity contribution is 7.73. The van der Waals surface area contributed by atoms with E-state index in [2.05, 4.69) is 104 Å². The Kier molecular flexibility index (Phi) is 8.38. The predicted octanol–water partition coefficient (Wildman–Crippen LogP) is 10.3. The van der Waals surface area contributed by atoms with Crippen molar-refractivity contribution >= 4 is 48.6 Å². The molecule has 0 N–H and O–H groups in total. The van der Waals surface area contributed by atoms with Crippen LogP contribution in [0.5, 0.6) is 0 Å². The molecule has 1 saturated carbocycles. The van der Waals surface area contributed by atoms with Crippen LogP contribution in [0, 0.1) is 5.92 Å². The van der Waals surface area contributed by atoms with E-state index in [1.54, 1.807) is 0 Å². The summed E-state index contributed by atoms with van der Waals surface area (Å²) >= 11 is 0. The van der Waals surface area contributed by atoms with E-state index in [4.69, 9.17) is 8.39 Å². The fraction of sp³-hybridized carbons (Fsp3) is 0.400. The molecule has 5 heteroatoms. The fourth-order valence-electron chi connectivity index (χ4n) is 8.62. The van der Waals surface area contributed by atoms with Gasteiger partial charge in [-0.1, -0.05) is 79.2 Å². The topological polar surface area (TPSA) is 29.5 Å². The molecular formula is C40H45NO2P2. The minimum atomic E-state index is -1.32. The van der Waals surface area contributed by atoms with E-state index in [1.165, 1.54) is 101 Å². The predicted molar refractivity (Wildman–Crippen MR) is 193 cm³/mol. The number of aryl methyl sites for hydroxylation is 4. The lowest BCUT2D eigenvalue weighted by atomic mass is 9.84. The smallest absolute Gasteiger partial charge is 0.309 e. The summed E-state index contributed by atoms with van der Waals surface area (Å²) in [6, 6.07) is 32.2. The molecule has 0 radical (unpaired) electrons. The standard InChI is InChI=1S/C40H45NO2P2/c1-28(33-22-13-23-38(33)44(31-16-5-3-6-17-31)32-18-7-4-8-19-32)41(2)45-42-36-26-24-29-14-9-11-20-34(29)39(36)40-35-21-12-10-15-30(35)25-27-37(40)43-45/h3-8,16-19,24-28,33,38H,9-15,20-23H2,1-2H3/t28-,33?,38+/m1/s1. The number of rotatable bonds is 6. The van der Waals surface area contributed by atoms with Crippen molar-refractivity contribution in [1.29, 1.82) is 0 Å². The summed E-state index contributed by atoms with van der Waals surface area (Å²) in [5.41, 5.74) is 8.77. The third-order valence-electron chi connectivity index (χ3n) is 11.0. The maximum absolute atomic E-state index is 7.08. The molecule has 0 bridgehead atoms. The zero-order chi connectivity index (χ0) is 30.3. The molecule has 0 aliphatic heterocycles. The molecule has 3 atom stereocenters. The molecule has 3 nitrogen and oxygen atoms in total. The van der Waals surface area contributed by atoms with Gasteiger partial charge in [0.05, 0.1) is 0 Å². The minimum Gasteiger partial charge on any atom is -0.408 e. The molecule has 1 fully saturated rings. The van der Waals surface area contributed by atoms with Gasteiger partial charge in [-0.05, 0) is 136 Å². The van der Waals surface area contributed by atoms with Crippen LogP contribution in [-0.2, 0) is 25.7 Å². The average Bonchev–Trinajstić information content (AvgIpc) is 3.50. The van der Waals surface area contributed by atoms with Gasteiger partial charge in [-0.15, -0.1) is 0 Å². The van der Waals surface area contributed by atoms with Gasteiger partial charge in [0.25, 0.3) is 0 Å². The highest BCUT2D eigenvalue weighted by atomic mass is 31.1. The first kappa shape index (κ1) is 29.6. The molecule has 3 aliphatic rings. The van der Waals surface area contributed by atoms with E-state index < -0.39 is 16.1 Å². The molecule has 8 rings (SSSR count). The van der Waals surface area contributed by atoms with E-state index >= 15 is 0 Å². The summed E-state index contributed by atoms with van der Waals surface area (Å²) in [5, 5.41) is 5.69. The number of benzene rings is 4. The Labute approximate surface area is 270 Å². The number of hydrogen-bond donors (Lipinski definition) is 0. The summed E-state index contributed by atoms with van der Waals surface area (Å²) in [6.07, 6.45) is 13.5. The molecule has 45 heavy (non-hydrogen) atoms. The lowest BCUT2D eigenvalue weighted by Gasteiger charge is -2.36. The second kappa shape index (κ2) is 12.8. The molecule has 3 aliphatic carbocycles. The third kappa shape index (κ3) is 5.50. The SMILES string of the molecule is C[C@H](C1CCC[C@@H]1P(c1ccccc1)c1ccccc1)N(C)p1oc2ccc3c(c2c2c4c(ccc2o1)CCCC4)CCCC3. The Morgan fingerprint density at radius 2 is 1.16 bits per heavy atom. The zero-order valence-electron chi connectivity index (χ0n) is 26.8. The van der Waals surface area contributed by atoms with Crippen molar-refractivity contribution < 1.29 is 8.39 Å². The molecule has 0 spiro atoms. The van der Waals surface area contributed by atoms with Crippen LogP contribution in [0.3, 0.4) is 0 Å². The van der Waals surface area contributed by atoms with Crippen LogP contribution in [-0.4, -0.2) is 18.7 Å². The van der Waals surface area contributed by atoms with Crippen LogP contribution >= 0.6 is 16.1 Å². The average molecular weight is 634 g/mol. The van der Waals surface area contributed by atoms with Crippen molar-refractivity contribution in [3.05, 3.63) is 107 Å². The van der Waals surface area contributed by atoms with Crippen molar-refractivity contribution in [2.45, 2.75) is 89.3 Å². The lowest BCUT2D eigenvalue weighted by molar-refractivity contribution is 0.451. The second-order valence-electron chi connectivity index (χ2n) is 13.5. The van der Waals surface area contributed by atoms with Gasteiger partial charge in [0.2, 0.25) is 0 Å². The van der Waals surface area contributed by atoms with E-state index in [9.17, 15) is 0 Å². The minimum absolute atomic E-state index is 0.335. The molecular weight excluding hydrogens is 588 g/mol. The summed E-state index contributed by atoms with van der Waals surface area (Å²) in [5.74, 6) is 0.575. The van der Waals surface area contributed by atoms with E-state index in [0.29, 0.717) is 17.6 Å². The molecule has 232 valence electrons. The first-order chi connectivity index (χ1) is 22.2. The molecule has 1 unspecified atom stereocenters.